The summed E-state index contributed by atoms with van der Waals surface area (Å²) in [6, 6.07) is 5.04. The zero-order valence-corrected chi connectivity index (χ0v) is 14.3. The summed E-state index contributed by atoms with van der Waals surface area (Å²) in [4.78, 5) is 4.69. The van der Waals surface area contributed by atoms with Crippen molar-refractivity contribution in [1.82, 2.24) is 4.98 Å². The summed E-state index contributed by atoms with van der Waals surface area (Å²) >= 11 is 8.26. The second-order valence-corrected chi connectivity index (χ2v) is 6.17. The predicted octanol–water partition coefficient (Wildman–Crippen LogP) is 4.29. The van der Waals surface area contributed by atoms with Crippen LogP contribution in [0.4, 0.5) is 15.9 Å². The van der Waals surface area contributed by atoms with E-state index < -0.39 is 0 Å². The van der Waals surface area contributed by atoms with Crippen molar-refractivity contribution in [3.8, 4) is 0 Å². The van der Waals surface area contributed by atoms with Gasteiger partial charge in [-0.05, 0) is 66.0 Å². The summed E-state index contributed by atoms with van der Waals surface area (Å²) < 4.78 is 14.1. The molecular weight excluding hydrogens is 353 g/mol. The number of hydrogen-bond donors (Lipinski definition) is 2. The largest absolute Gasteiger partial charge is 0.389 e. The fraction of sp³-hybridized carbons (Fsp3) is 0.200. The van der Waals surface area contributed by atoms with Crippen LogP contribution in [0.15, 0.2) is 22.7 Å². The van der Waals surface area contributed by atoms with Gasteiger partial charge in [0.2, 0.25) is 0 Å². The van der Waals surface area contributed by atoms with Crippen LogP contribution in [0.5, 0.6) is 0 Å². The summed E-state index contributed by atoms with van der Waals surface area (Å²) in [5.74, 6) is 0.203. The lowest BCUT2D eigenvalue weighted by Gasteiger charge is -2.15. The highest BCUT2D eigenvalue weighted by Crippen LogP contribution is 2.28. The van der Waals surface area contributed by atoms with Crippen LogP contribution in [0.25, 0.3) is 0 Å². The molecule has 0 aliphatic rings. The molecule has 0 spiro atoms. The molecule has 0 atom stereocenters. The topological polar surface area (TPSA) is 50.9 Å². The van der Waals surface area contributed by atoms with Crippen molar-refractivity contribution in [2.75, 3.05) is 5.32 Å². The average molecular weight is 368 g/mol. The Hall–Kier alpha value is -1.53. The maximum atomic E-state index is 13.7. The van der Waals surface area contributed by atoms with Gasteiger partial charge in [-0.2, -0.15) is 0 Å². The summed E-state index contributed by atoms with van der Waals surface area (Å²) in [6.07, 6.45) is 0. The van der Waals surface area contributed by atoms with Gasteiger partial charge >= 0.3 is 0 Å². The minimum Gasteiger partial charge on any atom is -0.389 e. The summed E-state index contributed by atoms with van der Waals surface area (Å²) in [5.41, 5.74) is 9.75. The number of nitrogens with zero attached hydrogens (tertiary/aromatic N) is 1. The third-order valence-electron chi connectivity index (χ3n) is 3.11. The van der Waals surface area contributed by atoms with Crippen LogP contribution >= 0.6 is 28.1 Å². The van der Waals surface area contributed by atoms with E-state index in [1.807, 2.05) is 26.8 Å². The van der Waals surface area contributed by atoms with Crippen LogP contribution in [0.2, 0.25) is 0 Å². The number of nitrogens with one attached hydrogen (secondary N) is 1. The van der Waals surface area contributed by atoms with Crippen molar-refractivity contribution in [1.29, 1.82) is 0 Å². The van der Waals surface area contributed by atoms with Gasteiger partial charge < -0.3 is 11.1 Å². The Kier molecular flexibility index (Phi) is 4.58. The molecule has 0 saturated carbocycles. The number of anilines is 2. The Morgan fingerprint density at radius 3 is 2.52 bits per heavy atom. The standard InChI is InChI=1S/C15H15BrFN3S/c1-7-5-10(16)11(17)6-12(7)20-15-13(14(18)21)8(2)4-9(3)19-15/h4-6H,1-3H3,(H2,18,21)(H,19,20). The molecule has 2 aromatic rings. The van der Waals surface area contributed by atoms with E-state index in [1.54, 1.807) is 6.07 Å². The lowest BCUT2D eigenvalue weighted by atomic mass is 10.1. The SMILES string of the molecule is Cc1cc(C)c(C(N)=S)c(Nc2cc(F)c(Br)cc2C)n1. The first kappa shape index (κ1) is 15.9. The molecule has 1 aromatic carbocycles. The third-order valence-corrected chi connectivity index (χ3v) is 3.92. The van der Waals surface area contributed by atoms with Gasteiger partial charge in [0.25, 0.3) is 0 Å². The molecule has 3 N–H and O–H groups in total. The van der Waals surface area contributed by atoms with Gasteiger partial charge in [0.1, 0.15) is 16.6 Å². The van der Waals surface area contributed by atoms with Crippen molar-refractivity contribution < 1.29 is 4.39 Å². The maximum Gasteiger partial charge on any atom is 0.141 e. The molecule has 110 valence electrons. The van der Waals surface area contributed by atoms with E-state index in [9.17, 15) is 4.39 Å². The van der Waals surface area contributed by atoms with Gasteiger partial charge in [0, 0.05) is 11.4 Å². The number of thiocarbonyl (C=S) groups is 1. The fourth-order valence-corrected chi connectivity index (χ4v) is 2.86. The van der Waals surface area contributed by atoms with Gasteiger partial charge in [0.15, 0.2) is 0 Å². The Balaban J connectivity index is 2.54. The molecule has 0 aliphatic heterocycles. The summed E-state index contributed by atoms with van der Waals surface area (Å²) in [7, 11) is 0. The second-order valence-electron chi connectivity index (χ2n) is 4.87. The van der Waals surface area contributed by atoms with Gasteiger partial charge in [-0.15, -0.1) is 0 Å². The number of benzene rings is 1. The van der Waals surface area contributed by atoms with Crippen LogP contribution < -0.4 is 11.1 Å². The molecule has 0 saturated heterocycles. The predicted molar refractivity (Wildman–Crippen MR) is 91.7 cm³/mol. The highest BCUT2D eigenvalue weighted by Gasteiger charge is 2.13. The van der Waals surface area contributed by atoms with Crippen molar-refractivity contribution in [3.05, 3.63) is 50.9 Å². The maximum absolute atomic E-state index is 13.7. The van der Waals surface area contributed by atoms with Gasteiger partial charge in [-0.3, -0.25) is 0 Å². The molecule has 1 aromatic heterocycles. The normalized spacial score (nSPS) is 10.5. The van der Waals surface area contributed by atoms with Crippen molar-refractivity contribution in [2.45, 2.75) is 20.8 Å². The lowest BCUT2D eigenvalue weighted by Crippen LogP contribution is -2.15. The smallest absolute Gasteiger partial charge is 0.141 e. The van der Waals surface area contributed by atoms with Crippen LogP contribution in [0, 0.1) is 26.6 Å². The molecule has 0 fully saturated rings. The molecule has 0 bridgehead atoms. The molecule has 1 heterocycles. The number of halogens is 2. The van der Waals surface area contributed by atoms with Gasteiger partial charge in [-0.25, -0.2) is 9.37 Å². The number of nitrogens with two attached hydrogens (primary N) is 1. The molecule has 2 rings (SSSR count). The lowest BCUT2D eigenvalue weighted by molar-refractivity contribution is 0.621. The number of rotatable bonds is 3. The van der Waals surface area contributed by atoms with E-state index in [-0.39, 0.29) is 10.8 Å². The van der Waals surface area contributed by atoms with Crippen LogP contribution in [-0.2, 0) is 0 Å². The average Bonchev–Trinajstić information content (AvgIpc) is 2.34. The molecule has 0 amide bonds. The van der Waals surface area contributed by atoms with Crippen LogP contribution in [0.3, 0.4) is 0 Å². The Bertz CT molecular complexity index is 731. The second kappa shape index (κ2) is 6.07. The van der Waals surface area contributed by atoms with Crippen LogP contribution in [-0.4, -0.2) is 9.97 Å². The van der Waals surface area contributed by atoms with Crippen molar-refractivity contribution in [3.63, 3.8) is 0 Å². The van der Waals surface area contributed by atoms with Gasteiger partial charge in [0.05, 0.1) is 10.0 Å². The zero-order valence-electron chi connectivity index (χ0n) is 11.9. The van der Waals surface area contributed by atoms with E-state index in [1.165, 1.54) is 6.07 Å². The van der Waals surface area contributed by atoms with E-state index in [4.69, 9.17) is 18.0 Å². The first-order valence-electron chi connectivity index (χ1n) is 6.30. The third kappa shape index (κ3) is 3.39. The van der Waals surface area contributed by atoms with Crippen molar-refractivity contribution in [2.24, 2.45) is 5.73 Å². The zero-order chi connectivity index (χ0) is 15.7. The number of pyridine rings is 1. The van der Waals surface area contributed by atoms with Crippen LogP contribution in [0.1, 0.15) is 22.4 Å². The van der Waals surface area contributed by atoms with Crippen molar-refractivity contribution >= 4 is 44.6 Å². The molecule has 0 aliphatic carbocycles. The first-order valence-corrected chi connectivity index (χ1v) is 7.50. The minimum absolute atomic E-state index is 0.262. The quantitative estimate of drug-likeness (QED) is 0.794. The number of aryl methyl sites for hydroxylation is 3. The molecule has 0 unspecified atom stereocenters. The highest BCUT2D eigenvalue weighted by atomic mass is 79.9. The first-order chi connectivity index (χ1) is 9.79. The Labute approximate surface area is 136 Å². The summed E-state index contributed by atoms with van der Waals surface area (Å²) in [5, 5.41) is 3.13. The van der Waals surface area contributed by atoms with E-state index >= 15 is 0 Å². The molecular formula is C15H15BrFN3S. The summed E-state index contributed by atoms with van der Waals surface area (Å²) in [6.45, 7) is 5.69. The molecule has 6 heteroatoms. The molecule has 21 heavy (non-hydrogen) atoms. The Morgan fingerprint density at radius 2 is 1.90 bits per heavy atom. The Morgan fingerprint density at radius 1 is 1.24 bits per heavy atom. The van der Waals surface area contributed by atoms with E-state index in [0.29, 0.717) is 21.5 Å². The highest BCUT2D eigenvalue weighted by molar-refractivity contribution is 9.10. The van der Waals surface area contributed by atoms with E-state index in [0.717, 1.165) is 16.8 Å². The molecule has 3 nitrogen and oxygen atoms in total. The van der Waals surface area contributed by atoms with E-state index in [2.05, 4.69) is 26.2 Å². The minimum atomic E-state index is -0.343. The molecule has 0 radical (unpaired) electrons. The number of hydrogen-bond acceptors (Lipinski definition) is 3. The van der Waals surface area contributed by atoms with Gasteiger partial charge in [-0.1, -0.05) is 12.2 Å². The monoisotopic (exact) mass is 367 g/mol. The number of aromatic nitrogens is 1. The fourth-order valence-electron chi connectivity index (χ4n) is 2.15.